The first-order chi connectivity index (χ1) is 7.84. The second-order valence-corrected chi connectivity index (χ2v) is 5.37. The Morgan fingerprint density at radius 1 is 1.18 bits per heavy atom. The molecule has 1 aliphatic heterocycles. The van der Waals surface area contributed by atoms with Crippen molar-refractivity contribution in [3.63, 3.8) is 0 Å². The zero-order chi connectivity index (χ0) is 11.2. The molecule has 2 rings (SSSR count). The summed E-state index contributed by atoms with van der Waals surface area (Å²) in [5, 5.41) is 6.94. The molecule has 17 heavy (non-hydrogen) atoms. The highest BCUT2D eigenvalue weighted by molar-refractivity contribution is 9.10. The smallest absolute Gasteiger partial charge is 0.0205 e. The van der Waals surface area contributed by atoms with Crippen LogP contribution in [0.25, 0.3) is 0 Å². The summed E-state index contributed by atoms with van der Waals surface area (Å²) in [5.74, 6) is 0.858. The van der Waals surface area contributed by atoms with E-state index in [2.05, 4.69) is 50.8 Å². The van der Waals surface area contributed by atoms with Gasteiger partial charge in [0.1, 0.15) is 0 Å². The minimum Gasteiger partial charge on any atom is -0.317 e. The molecule has 0 bridgehead atoms. The lowest BCUT2D eigenvalue weighted by molar-refractivity contribution is 0.356. The van der Waals surface area contributed by atoms with Gasteiger partial charge in [0.05, 0.1) is 0 Å². The highest BCUT2D eigenvalue weighted by Crippen LogP contribution is 2.12. The minimum atomic E-state index is 0. The molecular formula is C13H20BrClN2. The largest absolute Gasteiger partial charge is 0.317 e. The Morgan fingerprint density at radius 2 is 1.82 bits per heavy atom. The Balaban J connectivity index is 0.00000144. The first kappa shape index (κ1) is 15.0. The fraction of sp³-hybridized carbons (Fsp3) is 0.538. The van der Waals surface area contributed by atoms with E-state index >= 15 is 0 Å². The van der Waals surface area contributed by atoms with Gasteiger partial charge < -0.3 is 10.6 Å². The van der Waals surface area contributed by atoms with Crippen molar-refractivity contribution in [2.45, 2.75) is 19.4 Å². The van der Waals surface area contributed by atoms with Crippen LogP contribution < -0.4 is 10.6 Å². The van der Waals surface area contributed by atoms with Crippen LogP contribution in [0.4, 0.5) is 0 Å². The Hall–Kier alpha value is -0.0900. The first-order valence-electron chi connectivity index (χ1n) is 6.00. The summed E-state index contributed by atoms with van der Waals surface area (Å²) in [5.41, 5.74) is 1.36. The van der Waals surface area contributed by atoms with Gasteiger partial charge >= 0.3 is 0 Å². The molecule has 0 spiro atoms. The average Bonchev–Trinajstić information content (AvgIpc) is 2.33. The van der Waals surface area contributed by atoms with Gasteiger partial charge in [-0.2, -0.15) is 0 Å². The van der Waals surface area contributed by atoms with Gasteiger partial charge in [-0.15, -0.1) is 12.4 Å². The van der Waals surface area contributed by atoms with Gasteiger partial charge in [0.2, 0.25) is 0 Å². The van der Waals surface area contributed by atoms with Crippen molar-refractivity contribution in [2.24, 2.45) is 5.92 Å². The maximum Gasteiger partial charge on any atom is 0.0205 e. The number of halogens is 2. The standard InChI is InChI=1S/C13H19BrN2.ClH/c14-13-3-1-11(2-4-13)9-16-10-12-5-7-15-8-6-12;/h1-4,12,15-16H,5-10H2;1H. The number of piperidine rings is 1. The van der Waals surface area contributed by atoms with Crippen molar-refractivity contribution in [3.05, 3.63) is 34.3 Å². The van der Waals surface area contributed by atoms with Crippen LogP contribution in [0, 0.1) is 5.92 Å². The lowest BCUT2D eigenvalue weighted by Gasteiger charge is -2.22. The molecule has 0 aliphatic carbocycles. The van der Waals surface area contributed by atoms with Gasteiger partial charge in [-0.1, -0.05) is 28.1 Å². The molecular weight excluding hydrogens is 300 g/mol. The van der Waals surface area contributed by atoms with Crippen molar-refractivity contribution in [1.29, 1.82) is 0 Å². The Kier molecular flexibility index (Phi) is 7.12. The molecule has 2 nitrogen and oxygen atoms in total. The van der Waals surface area contributed by atoms with E-state index in [0.29, 0.717) is 0 Å². The molecule has 0 aromatic heterocycles. The lowest BCUT2D eigenvalue weighted by Crippen LogP contribution is -2.33. The molecule has 2 N–H and O–H groups in total. The maximum absolute atomic E-state index is 3.55. The summed E-state index contributed by atoms with van der Waals surface area (Å²) in [7, 11) is 0. The molecule has 1 aromatic carbocycles. The fourth-order valence-corrected chi connectivity index (χ4v) is 2.37. The van der Waals surface area contributed by atoms with Gasteiger partial charge in [-0.05, 0) is 56.1 Å². The van der Waals surface area contributed by atoms with Crippen LogP contribution in [0.5, 0.6) is 0 Å². The normalized spacial score (nSPS) is 16.5. The van der Waals surface area contributed by atoms with Crippen molar-refractivity contribution < 1.29 is 0 Å². The summed E-state index contributed by atoms with van der Waals surface area (Å²) in [4.78, 5) is 0. The lowest BCUT2D eigenvalue weighted by atomic mass is 9.98. The van der Waals surface area contributed by atoms with Crippen molar-refractivity contribution in [1.82, 2.24) is 10.6 Å². The van der Waals surface area contributed by atoms with Crippen LogP contribution in [0.3, 0.4) is 0 Å². The zero-order valence-corrected chi connectivity index (χ0v) is 12.3. The van der Waals surface area contributed by atoms with Crippen LogP contribution in [0.1, 0.15) is 18.4 Å². The second-order valence-electron chi connectivity index (χ2n) is 4.45. The van der Waals surface area contributed by atoms with E-state index in [0.717, 1.165) is 23.5 Å². The molecule has 0 unspecified atom stereocenters. The number of nitrogens with one attached hydrogen (secondary N) is 2. The SMILES string of the molecule is Brc1ccc(CNCC2CCNCC2)cc1.Cl. The molecule has 0 saturated carbocycles. The third kappa shape index (κ3) is 5.38. The summed E-state index contributed by atoms with van der Waals surface area (Å²) >= 11 is 3.45. The van der Waals surface area contributed by atoms with E-state index in [-0.39, 0.29) is 12.4 Å². The molecule has 1 aliphatic rings. The van der Waals surface area contributed by atoms with E-state index in [1.165, 1.54) is 31.5 Å². The second kappa shape index (κ2) is 8.09. The molecule has 96 valence electrons. The average molecular weight is 320 g/mol. The summed E-state index contributed by atoms with van der Waals surface area (Å²) in [6.45, 7) is 4.50. The predicted octanol–water partition coefficient (Wildman–Crippen LogP) is 2.96. The Labute approximate surface area is 118 Å². The Morgan fingerprint density at radius 3 is 2.47 bits per heavy atom. The number of hydrogen-bond donors (Lipinski definition) is 2. The summed E-state index contributed by atoms with van der Waals surface area (Å²) in [6, 6.07) is 8.53. The molecule has 1 heterocycles. The van der Waals surface area contributed by atoms with E-state index in [4.69, 9.17) is 0 Å². The maximum atomic E-state index is 3.55. The third-order valence-corrected chi connectivity index (χ3v) is 3.66. The molecule has 0 radical (unpaired) electrons. The predicted molar refractivity (Wildman–Crippen MR) is 78.7 cm³/mol. The molecule has 0 atom stereocenters. The zero-order valence-electron chi connectivity index (χ0n) is 9.92. The molecule has 0 amide bonds. The summed E-state index contributed by atoms with van der Waals surface area (Å²) in [6.07, 6.45) is 2.63. The van der Waals surface area contributed by atoms with Gasteiger partial charge in [0.25, 0.3) is 0 Å². The van der Waals surface area contributed by atoms with Gasteiger partial charge in [-0.25, -0.2) is 0 Å². The van der Waals surface area contributed by atoms with Crippen LogP contribution in [-0.4, -0.2) is 19.6 Å². The molecule has 1 fully saturated rings. The molecule has 4 heteroatoms. The number of benzene rings is 1. The molecule has 1 aromatic rings. The van der Waals surface area contributed by atoms with Crippen molar-refractivity contribution in [3.8, 4) is 0 Å². The molecule has 1 saturated heterocycles. The van der Waals surface area contributed by atoms with Crippen LogP contribution >= 0.6 is 28.3 Å². The third-order valence-electron chi connectivity index (χ3n) is 3.13. The van der Waals surface area contributed by atoms with Gasteiger partial charge in [-0.3, -0.25) is 0 Å². The van der Waals surface area contributed by atoms with Gasteiger partial charge in [0, 0.05) is 11.0 Å². The number of hydrogen-bond acceptors (Lipinski definition) is 2. The van der Waals surface area contributed by atoms with Crippen molar-refractivity contribution >= 4 is 28.3 Å². The highest BCUT2D eigenvalue weighted by Gasteiger charge is 2.11. The number of rotatable bonds is 4. The van der Waals surface area contributed by atoms with Crippen LogP contribution in [0.2, 0.25) is 0 Å². The minimum absolute atomic E-state index is 0. The van der Waals surface area contributed by atoms with Gasteiger partial charge in [0.15, 0.2) is 0 Å². The monoisotopic (exact) mass is 318 g/mol. The quantitative estimate of drug-likeness (QED) is 0.891. The topological polar surface area (TPSA) is 24.1 Å². The first-order valence-corrected chi connectivity index (χ1v) is 6.80. The van der Waals surface area contributed by atoms with Crippen molar-refractivity contribution in [2.75, 3.05) is 19.6 Å². The van der Waals surface area contributed by atoms with E-state index < -0.39 is 0 Å². The van der Waals surface area contributed by atoms with E-state index in [1.807, 2.05) is 0 Å². The fourth-order valence-electron chi connectivity index (χ4n) is 2.11. The highest BCUT2D eigenvalue weighted by atomic mass is 79.9. The van der Waals surface area contributed by atoms with Crippen LogP contribution in [-0.2, 0) is 6.54 Å². The summed E-state index contributed by atoms with van der Waals surface area (Å²) < 4.78 is 1.15. The Bertz CT molecular complexity index is 310. The van der Waals surface area contributed by atoms with Crippen LogP contribution in [0.15, 0.2) is 28.7 Å². The van der Waals surface area contributed by atoms with E-state index in [9.17, 15) is 0 Å². The van der Waals surface area contributed by atoms with E-state index in [1.54, 1.807) is 0 Å².